The molecule has 2 aromatic rings. The molecule has 0 radical (unpaired) electrons. The molecule has 0 saturated carbocycles. The Labute approximate surface area is 173 Å². The van der Waals surface area contributed by atoms with Gasteiger partial charge in [-0.2, -0.15) is 0 Å². The second kappa shape index (κ2) is 8.37. The first-order valence-corrected chi connectivity index (χ1v) is 9.46. The minimum absolute atomic E-state index is 0.0823. The number of anilines is 1. The topological polar surface area (TPSA) is 110 Å². The third kappa shape index (κ3) is 3.99. The number of aromatic nitrogens is 1. The molecule has 1 aromatic heterocycles. The van der Waals surface area contributed by atoms with Gasteiger partial charge in [0.25, 0.3) is 17.6 Å². The summed E-state index contributed by atoms with van der Waals surface area (Å²) >= 11 is 0. The molecule has 1 aromatic carbocycles. The quantitative estimate of drug-likeness (QED) is 0.503. The number of ether oxygens (including phenoxy) is 1. The lowest BCUT2D eigenvalue weighted by Gasteiger charge is -2.14. The predicted molar refractivity (Wildman–Crippen MR) is 107 cm³/mol. The Morgan fingerprint density at radius 3 is 2.50 bits per heavy atom. The maximum atomic E-state index is 13.5. The van der Waals surface area contributed by atoms with Crippen molar-refractivity contribution in [3.63, 3.8) is 0 Å². The molecule has 1 fully saturated rings. The van der Waals surface area contributed by atoms with Gasteiger partial charge >= 0.3 is 0 Å². The summed E-state index contributed by atoms with van der Waals surface area (Å²) in [5.41, 5.74) is 2.01. The van der Waals surface area contributed by atoms with Gasteiger partial charge in [-0.15, -0.1) is 0 Å². The van der Waals surface area contributed by atoms with E-state index in [1.807, 2.05) is 0 Å². The molecule has 160 valence electrons. The number of halogens is 1. The zero-order valence-electron chi connectivity index (χ0n) is 17.2. The van der Waals surface area contributed by atoms with Gasteiger partial charge in [-0.3, -0.25) is 14.4 Å². The minimum atomic E-state index is -0.880. The van der Waals surface area contributed by atoms with Crippen LogP contribution in [0.4, 0.5) is 10.1 Å². The van der Waals surface area contributed by atoms with Gasteiger partial charge in [0.2, 0.25) is 0 Å². The van der Waals surface area contributed by atoms with Gasteiger partial charge in [0, 0.05) is 18.4 Å². The number of Topliss-reactive ketones (excluding diaryl/α,β-unsaturated/α-hetero) is 1. The van der Waals surface area contributed by atoms with Crippen LogP contribution in [0.25, 0.3) is 0 Å². The van der Waals surface area contributed by atoms with E-state index in [1.54, 1.807) is 27.8 Å². The number of benzene rings is 1. The zero-order valence-corrected chi connectivity index (χ0v) is 17.2. The van der Waals surface area contributed by atoms with Crippen molar-refractivity contribution in [2.24, 2.45) is 7.05 Å². The molecule has 1 aliphatic heterocycles. The lowest BCUT2D eigenvalue weighted by atomic mass is 10.1. The number of aliphatic hydroxyl groups excluding tert-OH is 1. The third-order valence-corrected chi connectivity index (χ3v) is 5.36. The maximum absolute atomic E-state index is 13.5. The number of aliphatic hydroxyl groups is 1. The highest BCUT2D eigenvalue weighted by molar-refractivity contribution is 6.43. The van der Waals surface area contributed by atoms with Crippen molar-refractivity contribution < 1.29 is 28.6 Å². The molecule has 9 heteroatoms. The van der Waals surface area contributed by atoms with Gasteiger partial charge < -0.3 is 25.0 Å². The van der Waals surface area contributed by atoms with Crippen LogP contribution in [-0.2, 0) is 16.6 Å². The Morgan fingerprint density at radius 2 is 1.90 bits per heavy atom. The van der Waals surface area contributed by atoms with Crippen molar-refractivity contribution in [1.82, 2.24) is 9.88 Å². The normalized spacial score (nSPS) is 18.3. The van der Waals surface area contributed by atoms with Gasteiger partial charge in [-0.25, -0.2) is 4.39 Å². The molecule has 2 heterocycles. The molecule has 3 N–H and O–H groups in total. The van der Waals surface area contributed by atoms with Gasteiger partial charge in [-0.05, 0) is 50.1 Å². The molecule has 2 atom stereocenters. The number of amides is 2. The van der Waals surface area contributed by atoms with E-state index < -0.39 is 29.7 Å². The highest BCUT2D eigenvalue weighted by Crippen LogP contribution is 2.24. The molecular formula is C21H24FN3O5. The van der Waals surface area contributed by atoms with Crippen LogP contribution in [0.1, 0.15) is 37.7 Å². The molecule has 0 unspecified atom stereocenters. The smallest absolute Gasteiger partial charge is 0.294 e. The average Bonchev–Trinajstić information content (AvgIpc) is 3.18. The van der Waals surface area contributed by atoms with Crippen molar-refractivity contribution >= 4 is 23.3 Å². The fraction of sp³-hybridized carbons (Fsp3) is 0.381. The van der Waals surface area contributed by atoms with Crippen LogP contribution >= 0.6 is 0 Å². The van der Waals surface area contributed by atoms with E-state index in [4.69, 9.17) is 4.74 Å². The maximum Gasteiger partial charge on any atom is 0.294 e. The number of nitrogens with zero attached hydrogens (tertiary/aromatic N) is 1. The fourth-order valence-electron chi connectivity index (χ4n) is 3.57. The Morgan fingerprint density at radius 1 is 1.20 bits per heavy atom. The molecule has 2 amide bonds. The summed E-state index contributed by atoms with van der Waals surface area (Å²) in [6, 6.07) is 3.56. The molecule has 8 nitrogen and oxygen atoms in total. The molecule has 0 spiro atoms. The van der Waals surface area contributed by atoms with Crippen molar-refractivity contribution in [2.75, 3.05) is 18.5 Å². The number of nitrogens with one attached hydrogen (secondary N) is 2. The van der Waals surface area contributed by atoms with E-state index in [-0.39, 0.29) is 30.3 Å². The Hall–Kier alpha value is -3.04. The van der Waals surface area contributed by atoms with Crippen LogP contribution in [0.3, 0.4) is 0 Å². The summed E-state index contributed by atoms with van der Waals surface area (Å²) in [4.78, 5) is 38.1. The van der Waals surface area contributed by atoms with Crippen molar-refractivity contribution in [1.29, 1.82) is 0 Å². The van der Waals surface area contributed by atoms with Crippen LogP contribution in [0.15, 0.2) is 18.2 Å². The van der Waals surface area contributed by atoms with Gasteiger partial charge in [0.05, 0.1) is 36.6 Å². The number of rotatable bonds is 5. The molecule has 3 rings (SSSR count). The summed E-state index contributed by atoms with van der Waals surface area (Å²) in [5.74, 6) is -2.54. The zero-order chi connectivity index (χ0) is 22.2. The van der Waals surface area contributed by atoms with Gasteiger partial charge in [0.1, 0.15) is 5.82 Å². The predicted octanol–water partition coefficient (Wildman–Crippen LogP) is 1.40. The standard InChI is InChI=1S/C21H24FN3O5/c1-10-7-13(5-6-14(10)22)23-20(28)17-11(2)18(25(4)12(17)3)19(27)21(29)24-15-8-30-9-16(15)26/h5-7,15-16,26H,8-9H2,1-4H3,(H,23,28)(H,24,29)/t15-,16-/m0/s1. The van der Waals surface area contributed by atoms with Crippen molar-refractivity contribution in [3.8, 4) is 0 Å². The molecule has 0 aliphatic carbocycles. The number of ketones is 1. The Balaban J connectivity index is 1.85. The number of hydrogen-bond donors (Lipinski definition) is 3. The van der Waals surface area contributed by atoms with E-state index in [0.717, 1.165) is 0 Å². The number of aryl methyl sites for hydroxylation is 1. The summed E-state index contributed by atoms with van der Waals surface area (Å²) in [6.07, 6.45) is -0.876. The average molecular weight is 417 g/mol. The molecule has 1 saturated heterocycles. The van der Waals surface area contributed by atoms with Crippen LogP contribution < -0.4 is 10.6 Å². The van der Waals surface area contributed by atoms with Gasteiger partial charge in [-0.1, -0.05) is 0 Å². The summed E-state index contributed by atoms with van der Waals surface area (Å²) < 4.78 is 20.0. The first kappa shape index (κ1) is 21.7. The lowest BCUT2D eigenvalue weighted by molar-refractivity contribution is -0.118. The van der Waals surface area contributed by atoms with E-state index in [2.05, 4.69) is 10.6 Å². The number of hydrogen-bond acceptors (Lipinski definition) is 5. The second-order valence-electron chi connectivity index (χ2n) is 7.43. The highest BCUT2D eigenvalue weighted by atomic mass is 19.1. The Kier molecular flexibility index (Phi) is 6.04. The van der Waals surface area contributed by atoms with Gasteiger partial charge in [0.15, 0.2) is 0 Å². The summed E-state index contributed by atoms with van der Waals surface area (Å²) in [5, 5.41) is 14.9. The first-order chi connectivity index (χ1) is 14.1. The van der Waals surface area contributed by atoms with E-state index in [9.17, 15) is 23.9 Å². The van der Waals surface area contributed by atoms with Crippen LogP contribution in [0, 0.1) is 26.6 Å². The second-order valence-corrected chi connectivity index (χ2v) is 7.43. The van der Waals surface area contributed by atoms with E-state index in [1.165, 1.54) is 22.8 Å². The number of carbonyl (C=O) groups is 3. The van der Waals surface area contributed by atoms with Crippen LogP contribution in [0.2, 0.25) is 0 Å². The van der Waals surface area contributed by atoms with E-state index in [0.29, 0.717) is 22.5 Å². The van der Waals surface area contributed by atoms with Crippen LogP contribution in [0.5, 0.6) is 0 Å². The molecule has 1 aliphatic rings. The lowest BCUT2D eigenvalue weighted by Crippen LogP contribution is -2.45. The highest BCUT2D eigenvalue weighted by Gasteiger charge is 2.33. The van der Waals surface area contributed by atoms with Crippen molar-refractivity contribution in [2.45, 2.75) is 32.9 Å². The minimum Gasteiger partial charge on any atom is -0.388 e. The number of carbonyl (C=O) groups excluding carboxylic acids is 3. The first-order valence-electron chi connectivity index (χ1n) is 9.46. The molecular weight excluding hydrogens is 393 g/mol. The third-order valence-electron chi connectivity index (χ3n) is 5.36. The SMILES string of the molecule is Cc1cc(NC(=O)c2c(C)c(C(=O)C(=O)N[C@H]3COC[C@@H]3O)n(C)c2C)ccc1F. The Bertz CT molecular complexity index is 1030. The van der Waals surface area contributed by atoms with E-state index >= 15 is 0 Å². The van der Waals surface area contributed by atoms with Crippen molar-refractivity contribution in [3.05, 3.63) is 52.1 Å². The molecule has 30 heavy (non-hydrogen) atoms. The largest absolute Gasteiger partial charge is 0.388 e. The van der Waals surface area contributed by atoms with Crippen LogP contribution in [-0.4, -0.2) is 52.6 Å². The monoisotopic (exact) mass is 417 g/mol. The summed E-state index contributed by atoms with van der Waals surface area (Å²) in [6.45, 7) is 5.06. The fourth-order valence-corrected chi connectivity index (χ4v) is 3.57. The summed E-state index contributed by atoms with van der Waals surface area (Å²) in [7, 11) is 1.59. The molecule has 0 bridgehead atoms.